The third-order valence-electron chi connectivity index (χ3n) is 2.80. The van der Waals surface area contributed by atoms with Crippen molar-refractivity contribution in [2.45, 2.75) is 5.75 Å². The minimum Gasteiger partial charge on any atom is -0.224 e. The predicted octanol–water partition coefficient (Wildman–Crippen LogP) is 4.34. The van der Waals surface area contributed by atoms with Gasteiger partial charge in [-0.15, -0.1) is 0 Å². The van der Waals surface area contributed by atoms with Gasteiger partial charge in [0.05, 0.1) is 5.75 Å². The normalized spacial score (nSPS) is 12.0. The van der Waals surface area contributed by atoms with Crippen LogP contribution in [0, 0.1) is 17.5 Å². The summed E-state index contributed by atoms with van der Waals surface area (Å²) in [6.45, 7) is 0. The van der Waals surface area contributed by atoms with E-state index in [1.54, 1.807) is 24.3 Å². The molecule has 2 aromatic rings. The average Bonchev–Trinajstić information content (AvgIpc) is 2.46. The second kappa shape index (κ2) is 6.54. The first-order valence-corrected chi connectivity index (χ1v) is 8.16. The molecule has 0 aliphatic heterocycles. The lowest BCUT2D eigenvalue weighted by Crippen LogP contribution is -2.00. The van der Waals surface area contributed by atoms with Crippen LogP contribution in [0.2, 0.25) is 5.02 Å². The predicted molar refractivity (Wildman–Crippen MR) is 79.4 cm³/mol. The highest BCUT2D eigenvalue weighted by Crippen LogP contribution is 2.18. The summed E-state index contributed by atoms with van der Waals surface area (Å²) in [6, 6.07) is 7.87. The van der Waals surface area contributed by atoms with Crippen molar-refractivity contribution in [3.05, 3.63) is 75.4 Å². The maximum atomic E-state index is 13.4. The monoisotopic (exact) mass is 346 g/mol. The molecule has 0 aromatic heterocycles. The van der Waals surface area contributed by atoms with Gasteiger partial charge in [0.2, 0.25) is 0 Å². The van der Waals surface area contributed by atoms with E-state index in [-0.39, 0.29) is 11.3 Å². The zero-order chi connectivity index (χ0) is 16.3. The van der Waals surface area contributed by atoms with Crippen LogP contribution in [0.25, 0.3) is 6.08 Å². The fourth-order valence-corrected chi connectivity index (χ4v) is 2.94. The van der Waals surface area contributed by atoms with Crippen molar-refractivity contribution in [1.29, 1.82) is 0 Å². The first-order valence-electron chi connectivity index (χ1n) is 6.07. The molecule has 0 unspecified atom stereocenters. The number of hydrogen-bond donors (Lipinski definition) is 0. The van der Waals surface area contributed by atoms with Crippen LogP contribution in [0.4, 0.5) is 13.2 Å². The van der Waals surface area contributed by atoms with Crippen LogP contribution in [-0.4, -0.2) is 8.42 Å². The molecule has 0 amide bonds. The molecular formula is C15H10ClF3O2S. The lowest BCUT2D eigenvalue weighted by atomic mass is 10.2. The maximum Gasteiger partial charge on any atom is 0.195 e. The van der Waals surface area contributed by atoms with Crippen molar-refractivity contribution in [3.63, 3.8) is 0 Å². The second-order valence-electron chi connectivity index (χ2n) is 4.50. The summed E-state index contributed by atoms with van der Waals surface area (Å²) in [4.78, 5) is 0. The molecule has 116 valence electrons. The molecule has 0 fully saturated rings. The Morgan fingerprint density at radius 2 is 1.59 bits per heavy atom. The van der Waals surface area contributed by atoms with Crippen molar-refractivity contribution in [2.24, 2.45) is 0 Å². The van der Waals surface area contributed by atoms with Crippen LogP contribution < -0.4 is 0 Å². The molecule has 0 saturated heterocycles. The van der Waals surface area contributed by atoms with E-state index in [0.29, 0.717) is 10.6 Å². The number of hydrogen-bond acceptors (Lipinski definition) is 2. The molecule has 0 bridgehead atoms. The molecule has 0 atom stereocenters. The van der Waals surface area contributed by atoms with Crippen molar-refractivity contribution in [2.75, 3.05) is 0 Å². The van der Waals surface area contributed by atoms with Gasteiger partial charge in [0.15, 0.2) is 27.3 Å². The zero-order valence-electron chi connectivity index (χ0n) is 11.1. The lowest BCUT2D eigenvalue weighted by Gasteiger charge is -2.02. The topological polar surface area (TPSA) is 34.1 Å². The highest BCUT2D eigenvalue weighted by molar-refractivity contribution is 7.93. The van der Waals surface area contributed by atoms with Crippen LogP contribution in [0.3, 0.4) is 0 Å². The SMILES string of the molecule is O=S(=O)(/C=C/c1ccc(F)c(F)c1F)Cc1ccc(Cl)cc1. The Morgan fingerprint density at radius 1 is 0.955 bits per heavy atom. The molecule has 0 spiro atoms. The second-order valence-corrected chi connectivity index (χ2v) is 6.82. The van der Waals surface area contributed by atoms with Crippen LogP contribution in [0.5, 0.6) is 0 Å². The average molecular weight is 347 g/mol. The zero-order valence-corrected chi connectivity index (χ0v) is 12.6. The van der Waals surface area contributed by atoms with E-state index in [1.165, 1.54) is 0 Å². The van der Waals surface area contributed by atoms with Gasteiger partial charge in [0.25, 0.3) is 0 Å². The largest absolute Gasteiger partial charge is 0.224 e. The van der Waals surface area contributed by atoms with Gasteiger partial charge in [0, 0.05) is 16.0 Å². The third-order valence-corrected chi connectivity index (χ3v) is 4.34. The van der Waals surface area contributed by atoms with Crippen molar-refractivity contribution < 1.29 is 21.6 Å². The summed E-state index contributed by atoms with van der Waals surface area (Å²) in [6.07, 6.45) is 0.892. The summed E-state index contributed by atoms with van der Waals surface area (Å²) in [5, 5.41) is 1.23. The van der Waals surface area contributed by atoms with E-state index in [9.17, 15) is 21.6 Å². The van der Waals surface area contributed by atoms with Crippen molar-refractivity contribution in [1.82, 2.24) is 0 Å². The van der Waals surface area contributed by atoms with Gasteiger partial charge < -0.3 is 0 Å². The van der Waals surface area contributed by atoms with Crippen LogP contribution in [0.1, 0.15) is 11.1 Å². The Bertz CT molecular complexity index is 815. The van der Waals surface area contributed by atoms with Gasteiger partial charge in [-0.1, -0.05) is 23.7 Å². The van der Waals surface area contributed by atoms with Gasteiger partial charge >= 0.3 is 0 Å². The van der Waals surface area contributed by atoms with Gasteiger partial charge in [-0.3, -0.25) is 0 Å². The minimum absolute atomic E-state index is 0.314. The Labute approximate surface area is 130 Å². The Kier molecular flexibility index (Phi) is 4.93. The molecule has 0 heterocycles. The fourth-order valence-electron chi connectivity index (χ4n) is 1.71. The van der Waals surface area contributed by atoms with Gasteiger partial charge in [0.1, 0.15) is 0 Å². The maximum absolute atomic E-state index is 13.4. The summed E-state index contributed by atoms with van der Waals surface area (Å²) >= 11 is 5.70. The number of benzene rings is 2. The van der Waals surface area contributed by atoms with Crippen molar-refractivity contribution >= 4 is 27.5 Å². The van der Waals surface area contributed by atoms with E-state index >= 15 is 0 Å². The number of rotatable bonds is 4. The van der Waals surface area contributed by atoms with Crippen LogP contribution in [-0.2, 0) is 15.6 Å². The first kappa shape index (κ1) is 16.6. The van der Waals surface area contributed by atoms with Gasteiger partial charge in [-0.2, -0.15) is 0 Å². The minimum atomic E-state index is -3.69. The fraction of sp³-hybridized carbons (Fsp3) is 0.0667. The van der Waals surface area contributed by atoms with Crippen LogP contribution in [0.15, 0.2) is 41.8 Å². The molecule has 2 aromatic carbocycles. The summed E-state index contributed by atoms with van der Waals surface area (Å²) in [5.74, 6) is -4.72. The van der Waals surface area contributed by atoms with Crippen LogP contribution >= 0.6 is 11.6 Å². The Balaban J connectivity index is 2.21. The highest BCUT2D eigenvalue weighted by atomic mass is 35.5. The molecule has 0 aliphatic rings. The van der Waals surface area contributed by atoms with E-state index in [4.69, 9.17) is 11.6 Å². The summed E-state index contributed by atoms with van der Waals surface area (Å²) < 4.78 is 63.1. The Hall–Kier alpha value is -1.79. The van der Waals surface area contributed by atoms with E-state index in [2.05, 4.69) is 0 Å². The highest BCUT2D eigenvalue weighted by Gasteiger charge is 2.13. The molecule has 2 rings (SSSR count). The third kappa shape index (κ3) is 4.11. The summed E-state index contributed by atoms with van der Waals surface area (Å²) in [5.41, 5.74) is 0.151. The smallest absolute Gasteiger partial charge is 0.195 e. The first-order chi connectivity index (χ1) is 10.3. The Morgan fingerprint density at radius 3 is 2.23 bits per heavy atom. The molecule has 2 nitrogen and oxygen atoms in total. The quantitative estimate of drug-likeness (QED) is 0.772. The summed E-state index contributed by atoms with van der Waals surface area (Å²) in [7, 11) is -3.69. The molecule has 7 heteroatoms. The van der Waals surface area contributed by atoms with E-state index < -0.39 is 27.3 Å². The van der Waals surface area contributed by atoms with E-state index in [1.807, 2.05) is 0 Å². The standard InChI is InChI=1S/C15H10ClF3O2S/c16-12-4-1-10(2-5-12)9-22(20,21)8-7-11-3-6-13(17)15(19)14(11)18/h1-8H,9H2/b8-7+. The van der Waals surface area contributed by atoms with Gasteiger partial charge in [-0.25, -0.2) is 21.6 Å². The van der Waals surface area contributed by atoms with E-state index in [0.717, 1.165) is 23.6 Å². The number of halogens is 4. The molecule has 0 N–H and O–H groups in total. The lowest BCUT2D eigenvalue weighted by molar-refractivity contribution is 0.446. The molecule has 0 aliphatic carbocycles. The van der Waals surface area contributed by atoms with Crippen molar-refractivity contribution in [3.8, 4) is 0 Å². The molecular weight excluding hydrogens is 337 g/mol. The molecule has 0 radical (unpaired) electrons. The molecule has 22 heavy (non-hydrogen) atoms. The van der Waals surface area contributed by atoms with Gasteiger partial charge in [-0.05, 0) is 35.9 Å². The molecule has 0 saturated carbocycles. The number of sulfone groups is 1.